The fourth-order valence-corrected chi connectivity index (χ4v) is 0.289. The highest BCUT2D eigenvalue weighted by molar-refractivity contribution is 4.61. The van der Waals surface area contributed by atoms with Gasteiger partial charge in [0.2, 0.25) is 0 Å². The highest BCUT2D eigenvalue weighted by atomic mass is 16.3. The lowest BCUT2D eigenvalue weighted by Crippen LogP contribution is -3.05. The summed E-state index contributed by atoms with van der Waals surface area (Å²) >= 11 is 0. The standard InChI is InChI=1S/C5H11N.C2H7NO.2H2O/c1-4-5-6(2)3;3-1-2-4;;/h4H,1,5H2,2-3H3;4H,1-3H2;2*1H2. The van der Waals surface area contributed by atoms with Gasteiger partial charge >= 0.3 is 0 Å². The number of quaternary nitrogens is 2. The van der Waals surface area contributed by atoms with Gasteiger partial charge in [0.15, 0.2) is 0 Å². The topological polar surface area (TPSA) is 112 Å². The maximum absolute atomic E-state index is 7.81. The number of hydrogen-bond donors (Lipinski definition) is 3. The Morgan fingerprint density at radius 3 is 1.75 bits per heavy atom. The van der Waals surface area contributed by atoms with Crippen molar-refractivity contribution >= 4 is 0 Å². The third-order valence-corrected chi connectivity index (χ3v) is 0.711. The van der Waals surface area contributed by atoms with Crippen LogP contribution in [0.3, 0.4) is 0 Å². The third kappa shape index (κ3) is 55.5. The molecule has 0 radical (unpaired) electrons. The van der Waals surface area contributed by atoms with E-state index >= 15 is 0 Å². The Kier molecular flexibility index (Phi) is 42.1. The highest BCUT2D eigenvalue weighted by Crippen LogP contribution is 1.42. The summed E-state index contributed by atoms with van der Waals surface area (Å²) in [6, 6.07) is 0. The van der Waals surface area contributed by atoms with Crippen molar-refractivity contribution in [1.82, 2.24) is 0 Å². The van der Waals surface area contributed by atoms with Crippen molar-refractivity contribution in [3.05, 3.63) is 12.7 Å². The molecule has 78 valence electrons. The van der Waals surface area contributed by atoms with Gasteiger partial charge < -0.3 is 26.7 Å². The minimum atomic E-state index is 0. The van der Waals surface area contributed by atoms with Gasteiger partial charge in [-0.05, 0) is 6.08 Å². The maximum atomic E-state index is 7.81. The molecule has 0 aliphatic heterocycles. The van der Waals surface area contributed by atoms with Crippen LogP contribution in [0.2, 0.25) is 0 Å². The molecule has 0 aromatic rings. The average Bonchev–Trinajstić information content (AvgIpc) is 1.89. The molecular weight excluding hydrogens is 160 g/mol. The molecule has 0 aromatic carbocycles. The van der Waals surface area contributed by atoms with E-state index in [0.717, 1.165) is 6.54 Å². The first-order valence-corrected chi connectivity index (χ1v) is 3.49. The molecule has 0 heterocycles. The third-order valence-electron chi connectivity index (χ3n) is 0.711. The van der Waals surface area contributed by atoms with Gasteiger partial charge in [-0.3, -0.25) is 0 Å². The minimum Gasteiger partial charge on any atom is -0.870 e. The predicted molar refractivity (Wildman–Crippen MR) is 46.6 cm³/mol. The molecule has 5 heteroatoms. The zero-order valence-corrected chi connectivity index (χ0v) is 7.95. The second kappa shape index (κ2) is 22.4. The molecule has 0 unspecified atom stereocenters. The first-order valence-electron chi connectivity index (χ1n) is 3.49. The van der Waals surface area contributed by atoms with Crippen LogP contribution in [0.25, 0.3) is 0 Å². The number of rotatable bonds is 3. The molecule has 0 bridgehead atoms. The van der Waals surface area contributed by atoms with Crippen molar-refractivity contribution in [2.75, 3.05) is 33.8 Å². The lowest BCUT2D eigenvalue weighted by molar-refractivity contribution is -0.851. The molecule has 5 nitrogen and oxygen atoms in total. The fraction of sp³-hybridized carbons (Fsp3) is 0.714. The van der Waals surface area contributed by atoms with E-state index in [0.29, 0.717) is 6.54 Å². The van der Waals surface area contributed by atoms with Gasteiger partial charge in [-0.2, -0.15) is 0 Å². The molecule has 0 saturated carbocycles. The minimum absolute atomic E-state index is 0. The summed E-state index contributed by atoms with van der Waals surface area (Å²) < 4.78 is 0. The zero-order chi connectivity index (χ0) is 8.41. The molecule has 0 rings (SSSR count). The van der Waals surface area contributed by atoms with Gasteiger partial charge in [-0.25, -0.2) is 0 Å². The SMILES string of the molecule is C=CC[NH+](C)C.[NH3+]CCO.[OH-].[OH-]. The lowest BCUT2D eigenvalue weighted by Gasteiger charge is -1.98. The Labute approximate surface area is 74.1 Å². The van der Waals surface area contributed by atoms with Crippen LogP contribution >= 0.6 is 0 Å². The van der Waals surface area contributed by atoms with Gasteiger partial charge in [0.1, 0.15) is 0 Å². The molecule has 0 fully saturated rings. The molecule has 0 atom stereocenters. The summed E-state index contributed by atoms with van der Waals surface area (Å²) in [5.74, 6) is 0. The highest BCUT2D eigenvalue weighted by Gasteiger charge is 1.79. The monoisotopic (exact) mass is 182 g/mol. The van der Waals surface area contributed by atoms with Crippen LogP contribution in [0, 0.1) is 0 Å². The number of aliphatic hydroxyl groups is 1. The molecule has 0 amide bonds. The molecule has 0 aromatic heterocycles. The van der Waals surface area contributed by atoms with Crippen LogP contribution in [-0.4, -0.2) is 49.9 Å². The summed E-state index contributed by atoms with van der Waals surface area (Å²) in [6.07, 6.45) is 1.91. The molecule has 12 heavy (non-hydrogen) atoms. The summed E-state index contributed by atoms with van der Waals surface area (Å²) in [6.45, 7) is 5.47. The van der Waals surface area contributed by atoms with Crippen molar-refractivity contribution < 1.29 is 26.7 Å². The van der Waals surface area contributed by atoms with E-state index < -0.39 is 0 Å². The summed E-state index contributed by atoms with van der Waals surface area (Å²) in [7, 11) is 4.20. The van der Waals surface area contributed by atoms with Crippen LogP contribution in [0.4, 0.5) is 0 Å². The van der Waals surface area contributed by atoms with Crippen LogP contribution in [0.15, 0.2) is 12.7 Å². The summed E-state index contributed by atoms with van der Waals surface area (Å²) in [4.78, 5) is 1.42. The van der Waals surface area contributed by atoms with Crippen molar-refractivity contribution in [3.63, 3.8) is 0 Å². The predicted octanol–water partition coefficient (Wildman–Crippen LogP) is -2.82. The Morgan fingerprint density at radius 1 is 1.42 bits per heavy atom. The van der Waals surface area contributed by atoms with E-state index in [1.807, 2.05) is 6.08 Å². The second-order valence-corrected chi connectivity index (χ2v) is 2.28. The first kappa shape index (κ1) is 22.5. The quantitative estimate of drug-likeness (QED) is 0.409. The number of aliphatic hydroxyl groups excluding tert-OH is 1. The molecule has 0 spiro atoms. The molecular formula is C7H22N2O3. The normalized spacial score (nSPS) is 7.08. The number of nitrogens with one attached hydrogen (secondary N) is 1. The van der Waals surface area contributed by atoms with Gasteiger partial charge in [0.25, 0.3) is 0 Å². The van der Waals surface area contributed by atoms with E-state index in [2.05, 4.69) is 26.4 Å². The van der Waals surface area contributed by atoms with Gasteiger partial charge in [0, 0.05) is 0 Å². The van der Waals surface area contributed by atoms with E-state index in [-0.39, 0.29) is 17.6 Å². The summed E-state index contributed by atoms with van der Waals surface area (Å²) in [5, 5.41) is 7.81. The first-order chi connectivity index (χ1) is 4.68. The summed E-state index contributed by atoms with van der Waals surface area (Å²) in [5.41, 5.74) is 3.35. The molecule has 7 N–H and O–H groups in total. The van der Waals surface area contributed by atoms with E-state index in [4.69, 9.17) is 5.11 Å². The van der Waals surface area contributed by atoms with E-state index in [1.54, 1.807) is 0 Å². The van der Waals surface area contributed by atoms with Crippen LogP contribution in [0.5, 0.6) is 0 Å². The fourth-order valence-electron chi connectivity index (χ4n) is 0.289. The Bertz CT molecular complexity index is 67.7. The second-order valence-electron chi connectivity index (χ2n) is 2.28. The van der Waals surface area contributed by atoms with Crippen LogP contribution < -0.4 is 10.6 Å². The Balaban J connectivity index is -0.0000000483. The molecule has 0 aliphatic carbocycles. The number of likely N-dealkylation sites (N-methyl/N-ethyl adjacent to an activating group) is 1. The van der Waals surface area contributed by atoms with Crippen LogP contribution in [0.1, 0.15) is 0 Å². The largest absolute Gasteiger partial charge is 0.870 e. The van der Waals surface area contributed by atoms with Crippen LogP contribution in [-0.2, 0) is 0 Å². The van der Waals surface area contributed by atoms with E-state index in [9.17, 15) is 0 Å². The van der Waals surface area contributed by atoms with Crippen molar-refractivity contribution in [3.8, 4) is 0 Å². The van der Waals surface area contributed by atoms with Crippen molar-refractivity contribution in [2.24, 2.45) is 0 Å². The van der Waals surface area contributed by atoms with Gasteiger partial charge in [0.05, 0.1) is 33.8 Å². The van der Waals surface area contributed by atoms with E-state index in [1.165, 1.54) is 4.90 Å². The smallest absolute Gasteiger partial charge is 0.0974 e. The molecule has 0 aliphatic rings. The van der Waals surface area contributed by atoms with Crippen molar-refractivity contribution in [1.29, 1.82) is 0 Å². The zero-order valence-electron chi connectivity index (χ0n) is 7.95. The Morgan fingerprint density at radius 2 is 1.75 bits per heavy atom. The molecule has 0 saturated heterocycles. The Hall–Kier alpha value is -0.460. The average molecular weight is 182 g/mol. The maximum Gasteiger partial charge on any atom is 0.0974 e. The van der Waals surface area contributed by atoms with Gasteiger partial charge in [-0.1, -0.05) is 6.58 Å². The lowest BCUT2D eigenvalue weighted by atomic mass is 10.6. The van der Waals surface area contributed by atoms with Crippen molar-refractivity contribution in [2.45, 2.75) is 0 Å². The number of hydrogen-bond acceptors (Lipinski definition) is 3. The van der Waals surface area contributed by atoms with Gasteiger partial charge in [-0.15, -0.1) is 0 Å².